The molecule has 3 heteroatoms. The lowest BCUT2D eigenvalue weighted by molar-refractivity contribution is -0.0503. The predicted octanol–water partition coefficient (Wildman–Crippen LogP) is 2.55. The zero-order chi connectivity index (χ0) is 13.6. The standard InChI is InChI=1S/C17H30N2O/c1-16(14-5-6-14)13-19(15-7-10-20-11-15)17(12-18-16)8-3-2-4-9-17/h14-15,18H,2-13H2,1H3. The van der Waals surface area contributed by atoms with Crippen molar-refractivity contribution < 1.29 is 4.74 Å². The van der Waals surface area contributed by atoms with Crippen molar-refractivity contribution in [2.75, 3.05) is 26.3 Å². The number of rotatable bonds is 2. The van der Waals surface area contributed by atoms with Gasteiger partial charge in [0.15, 0.2) is 0 Å². The normalized spacial score (nSPS) is 42.1. The van der Waals surface area contributed by atoms with E-state index in [0.29, 0.717) is 17.1 Å². The van der Waals surface area contributed by atoms with E-state index < -0.39 is 0 Å². The summed E-state index contributed by atoms with van der Waals surface area (Å²) in [5.74, 6) is 0.924. The average Bonchev–Trinajstić information content (AvgIpc) is 3.20. The fraction of sp³-hybridized carbons (Fsp3) is 1.00. The molecule has 4 fully saturated rings. The monoisotopic (exact) mass is 278 g/mol. The number of hydrogen-bond acceptors (Lipinski definition) is 3. The first-order chi connectivity index (χ1) is 9.72. The van der Waals surface area contributed by atoms with Crippen molar-refractivity contribution in [3.05, 3.63) is 0 Å². The first kappa shape index (κ1) is 13.5. The molecule has 0 amide bonds. The van der Waals surface area contributed by atoms with E-state index in [4.69, 9.17) is 4.74 Å². The third kappa shape index (κ3) is 2.22. The Labute approximate surface area is 123 Å². The van der Waals surface area contributed by atoms with Crippen LogP contribution in [0, 0.1) is 5.92 Å². The minimum absolute atomic E-state index is 0.366. The van der Waals surface area contributed by atoms with Crippen LogP contribution in [0.5, 0.6) is 0 Å². The summed E-state index contributed by atoms with van der Waals surface area (Å²) in [5.41, 5.74) is 0.816. The summed E-state index contributed by atoms with van der Waals surface area (Å²) >= 11 is 0. The molecule has 2 aliphatic carbocycles. The highest BCUT2D eigenvalue weighted by Gasteiger charge is 2.53. The molecule has 4 aliphatic rings. The van der Waals surface area contributed by atoms with Crippen molar-refractivity contribution in [1.29, 1.82) is 0 Å². The zero-order valence-corrected chi connectivity index (χ0v) is 13.0. The van der Waals surface area contributed by atoms with Gasteiger partial charge in [0.05, 0.1) is 6.61 Å². The Hall–Kier alpha value is -0.120. The molecule has 0 bridgehead atoms. The molecule has 0 aromatic rings. The molecule has 2 atom stereocenters. The van der Waals surface area contributed by atoms with Crippen LogP contribution in [-0.2, 0) is 4.74 Å². The number of piperazine rings is 1. The molecule has 114 valence electrons. The average molecular weight is 278 g/mol. The van der Waals surface area contributed by atoms with Crippen molar-refractivity contribution in [2.24, 2.45) is 5.92 Å². The first-order valence-electron chi connectivity index (χ1n) is 8.81. The summed E-state index contributed by atoms with van der Waals surface area (Å²) in [7, 11) is 0. The van der Waals surface area contributed by atoms with Crippen LogP contribution >= 0.6 is 0 Å². The molecule has 0 aromatic heterocycles. The summed E-state index contributed by atoms with van der Waals surface area (Å²) in [6.45, 7) is 6.90. The lowest BCUT2D eigenvalue weighted by atomic mass is 9.75. The highest BCUT2D eigenvalue weighted by molar-refractivity contribution is 5.11. The summed E-state index contributed by atoms with van der Waals surface area (Å²) in [6.07, 6.45) is 11.2. The maximum Gasteiger partial charge on any atom is 0.0622 e. The Balaban J connectivity index is 1.58. The van der Waals surface area contributed by atoms with Crippen LogP contribution in [0.1, 0.15) is 58.3 Å². The van der Waals surface area contributed by atoms with Crippen molar-refractivity contribution in [3.8, 4) is 0 Å². The summed E-state index contributed by atoms with van der Waals surface area (Å²) in [6, 6.07) is 0.688. The van der Waals surface area contributed by atoms with E-state index in [9.17, 15) is 0 Å². The molecule has 2 saturated carbocycles. The molecular formula is C17H30N2O. The Morgan fingerprint density at radius 2 is 1.90 bits per heavy atom. The van der Waals surface area contributed by atoms with Crippen LogP contribution in [0.2, 0.25) is 0 Å². The third-order valence-electron chi connectivity index (χ3n) is 6.54. The SMILES string of the molecule is CC1(C2CC2)CN(C2CCOC2)C2(CCCCC2)CN1. The van der Waals surface area contributed by atoms with Gasteiger partial charge in [0, 0.05) is 36.8 Å². The van der Waals surface area contributed by atoms with E-state index in [2.05, 4.69) is 17.1 Å². The Bertz CT molecular complexity index is 356. The van der Waals surface area contributed by atoms with Crippen molar-refractivity contribution in [2.45, 2.75) is 75.4 Å². The van der Waals surface area contributed by atoms with Crippen LogP contribution in [0.15, 0.2) is 0 Å². The lowest BCUT2D eigenvalue weighted by Crippen LogP contribution is -2.72. The second kappa shape index (κ2) is 4.96. The van der Waals surface area contributed by atoms with E-state index in [-0.39, 0.29) is 0 Å². The molecule has 2 aliphatic heterocycles. The molecule has 2 heterocycles. The molecule has 4 rings (SSSR count). The number of nitrogens with zero attached hydrogens (tertiary/aromatic N) is 1. The van der Waals surface area contributed by atoms with Gasteiger partial charge in [-0.2, -0.15) is 0 Å². The highest BCUT2D eigenvalue weighted by atomic mass is 16.5. The summed E-state index contributed by atoms with van der Waals surface area (Å²) < 4.78 is 5.73. The Kier molecular flexibility index (Phi) is 3.36. The second-order valence-corrected chi connectivity index (χ2v) is 7.98. The quantitative estimate of drug-likeness (QED) is 0.840. The fourth-order valence-electron chi connectivity index (χ4n) is 5.00. The zero-order valence-electron chi connectivity index (χ0n) is 13.0. The highest BCUT2D eigenvalue weighted by Crippen LogP contribution is 2.46. The molecular weight excluding hydrogens is 248 g/mol. The number of ether oxygens (including phenoxy) is 1. The maximum absolute atomic E-state index is 5.73. The molecule has 3 nitrogen and oxygen atoms in total. The molecule has 1 N–H and O–H groups in total. The van der Waals surface area contributed by atoms with Gasteiger partial charge in [-0.3, -0.25) is 4.90 Å². The number of hydrogen-bond donors (Lipinski definition) is 1. The smallest absolute Gasteiger partial charge is 0.0622 e. The third-order valence-corrected chi connectivity index (χ3v) is 6.54. The van der Waals surface area contributed by atoms with Crippen LogP contribution < -0.4 is 5.32 Å². The van der Waals surface area contributed by atoms with Gasteiger partial charge in [-0.25, -0.2) is 0 Å². The van der Waals surface area contributed by atoms with Crippen LogP contribution in [0.3, 0.4) is 0 Å². The second-order valence-electron chi connectivity index (χ2n) is 7.98. The van der Waals surface area contributed by atoms with Gasteiger partial charge in [0.25, 0.3) is 0 Å². The Morgan fingerprint density at radius 3 is 2.55 bits per heavy atom. The fourth-order valence-corrected chi connectivity index (χ4v) is 5.00. The molecule has 0 radical (unpaired) electrons. The van der Waals surface area contributed by atoms with Gasteiger partial charge >= 0.3 is 0 Å². The van der Waals surface area contributed by atoms with Gasteiger partial charge < -0.3 is 10.1 Å². The van der Waals surface area contributed by atoms with E-state index in [1.807, 2.05) is 0 Å². The Morgan fingerprint density at radius 1 is 1.10 bits per heavy atom. The number of nitrogens with one attached hydrogen (secondary N) is 1. The molecule has 2 saturated heterocycles. The van der Waals surface area contributed by atoms with Crippen LogP contribution in [-0.4, -0.2) is 48.3 Å². The molecule has 20 heavy (non-hydrogen) atoms. The van der Waals surface area contributed by atoms with Gasteiger partial charge in [-0.05, 0) is 44.9 Å². The predicted molar refractivity (Wildman–Crippen MR) is 80.9 cm³/mol. The minimum atomic E-state index is 0.366. The van der Waals surface area contributed by atoms with Crippen LogP contribution in [0.4, 0.5) is 0 Å². The van der Waals surface area contributed by atoms with E-state index in [1.54, 1.807) is 0 Å². The molecule has 0 aromatic carbocycles. The lowest BCUT2D eigenvalue weighted by Gasteiger charge is -2.57. The largest absolute Gasteiger partial charge is 0.380 e. The van der Waals surface area contributed by atoms with Gasteiger partial charge in [-0.15, -0.1) is 0 Å². The summed E-state index contributed by atoms with van der Waals surface area (Å²) in [5, 5.41) is 3.99. The van der Waals surface area contributed by atoms with E-state index in [1.165, 1.54) is 64.5 Å². The van der Waals surface area contributed by atoms with Crippen molar-refractivity contribution >= 4 is 0 Å². The van der Waals surface area contributed by atoms with Crippen molar-refractivity contribution in [3.63, 3.8) is 0 Å². The first-order valence-corrected chi connectivity index (χ1v) is 8.81. The maximum atomic E-state index is 5.73. The van der Waals surface area contributed by atoms with Crippen LogP contribution in [0.25, 0.3) is 0 Å². The van der Waals surface area contributed by atoms with Gasteiger partial charge in [-0.1, -0.05) is 19.3 Å². The van der Waals surface area contributed by atoms with Crippen molar-refractivity contribution in [1.82, 2.24) is 10.2 Å². The van der Waals surface area contributed by atoms with Gasteiger partial charge in [0.1, 0.15) is 0 Å². The molecule has 2 unspecified atom stereocenters. The summed E-state index contributed by atoms with van der Waals surface area (Å²) in [4.78, 5) is 2.91. The van der Waals surface area contributed by atoms with E-state index >= 15 is 0 Å². The molecule has 1 spiro atoms. The van der Waals surface area contributed by atoms with Gasteiger partial charge in [0.2, 0.25) is 0 Å². The minimum Gasteiger partial charge on any atom is -0.380 e. The van der Waals surface area contributed by atoms with E-state index in [0.717, 1.165) is 19.1 Å². The topological polar surface area (TPSA) is 24.5 Å².